The number of amides is 1. The summed E-state index contributed by atoms with van der Waals surface area (Å²) in [4.78, 5) is 23.1. The van der Waals surface area contributed by atoms with Gasteiger partial charge in [0.1, 0.15) is 5.75 Å². The van der Waals surface area contributed by atoms with Crippen molar-refractivity contribution in [2.75, 3.05) is 5.32 Å². The predicted octanol–water partition coefficient (Wildman–Crippen LogP) is 2.96. The van der Waals surface area contributed by atoms with Crippen LogP contribution in [0.15, 0.2) is 36.4 Å². The second kappa shape index (κ2) is 5.66. The van der Waals surface area contributed by atoms with Gasteiger partial charge in [-0.2, -0.15) is 0 Å². The van der Waals surface area contributed by atoms with Crippen LogP contribution in [0, 0.1) is 13.8 Å². The first-order valence-corrected chi connectivity index (χ1v) is 6.34. The number of rotatable bonds is 3. The predicted molar refractivity (Wildman–Crippen MR) is 78.9 cm³/mol. The maximum atomic E-state index is 12.2. The van der Waals surface area contributed by atoms with E-state index in [4.69, 9.17) is 5.11 Å². The molecular formula is C16H15NO4. The van der Waals surface area contributed by atoms with E-state index in [9.17, 15) is 14.7 Å². The molecule has 5 nitrogen and oxygen atoms in total. The molecule has 21 heavy (non-hydrogen) atoms. The van der Waals surface area contributed by atoms with Crippen LogP contribution in [0.25, 0.3) is 0 Å². The maximum Gasteiger partial charge on any atom is 0.335 e. The number of hydrogen-bond acceptors (Lipinski definition) is 3. The van der Waals surface area contributed by atoms with Crippen molar-refractivity contribution in [2.24, 2.45) is 0 Å². The van der Waals surface area contributed by atoms with E-state index in [0.717, 1.165) is 0 Å². The van der Waals surface area contributed by atoms with Gasteiger partial charge in [0.25, 0.3) is 5.91 Å². The molecule has 108 valence electrons. The van der Waals surface area contributed by atoms with E-state index in [1.165, 1.54) is 18.2 Å². The molecule has 0 atom stereocenters. The summed E-state index contributed by atoms with van der Waals surface area (Å²) in [6.07, 6.45) is 0. The highest BCUT2D eigenvalue weighted by Gasteiger charge is 2.13. The van der Waals surface area contributed by atoms with Gasteiger partial charge in [0.05, 0.1) is 5.56 Å². The molecule has 0 aliphatic rings. The number of aryl methyl sites for hydroxylation is 1. The lowest BCUT2D eigenvalue weighted by Gasteiger charge is -2.11. The van der Waals surface area contributed by atoms with Crippen molar-refractivity contribution < 1.29 is 19.8 Å². The number of aromatic carboxylic acids is 1. The Morgan fingerprint density at radius 3 is 2.43 bits per heavy atom. The van der Waals surface area contributed by atoms with Crippen molar-refractivity contribution in [3.05, 3.63) is 58.7 Å². The lowest BCUT2D eigenvalue weighted by molar-refractivity contribution is 0.0696. The van der Waals surface area contributed by atoms with Gasteiger partial charge in [-0.25, -0.2) is 4.79 Å². The van der Waals surface area contributed by atoms with Gasteiger partial charge in [-0.3, -0.25) is 4.79 Å². The summed E-state index contributed by atoms with van der Waals surface area (Å²) in [5.74, 6) is -1.31. The Bertz CT molecular complexity index is 722. The molecule has 2 rings (SSSR count). The minimum atomic E-state index is -1.01. The summed E-state index contributed by atoms with van der Waals surface area (Å²) in [5, 5.41) is 21.3. The fraction of sp³-hybridized carbons (Fsp3) is 0.125. The maximum absolute atomic E-state index is 12.2. The summed E-state index contributed by atoms with van der Waals surface area (Å²) < 4.78 is 0. The first-order valence-electron chi connectivity index (χ1n) is 6.34. The zero-order chi connectivity index (χ0) is 15.6. The lowest BCUT2D eigenvalue weighted by Crippen LogP contribution is -2.14. The van der Waals surface area contributed by atoms with Crippen molar-refractivity contribution in [3.63, 3.8) is 0 Å². The zero-order valence-electron chi connectivity index (χ0n) is 11.7. The summed E-state index contributed by atoms with van der Waals surface area (Å²) in [7, 11) is 0. The smallest absolute Gasteiger partial charge is 0.335 e. The number of benzene rings is 2. The molecule has 2 aromatic carbocycles. The largest absolute Gasteiger partial charge is 0.508 e. The van der Waals surface area contributed by atoms with Crippen LogP contribution in [-0.2, 0) is 0 Å². The topological polar surface area (TPSA) is 86.6 Å². The molecule has 2 aromatic rings. The van der Waals surface area contributed by atoms with E-state index in [2.05, 4.69) is 5.32 Å². The van der Waals surface area contributed by atoms with Crippen molar-refractivity contribution in [2.45, 2.75) is 13.8 Å². The number of aromatic hydroxyl groups is 1. The molecule has 1 amide bonds. The number of carboxylic acids is 1. The standard InChI is InChI=1S/C16H15NO4/c1-9-8-11(16(20)21)6-7-13(9)17-15(19)12-4-3-5-14(18)10(12)2/h3-8,18H,1-2H3,(H,17,19)(H,20,21). The average Bonchev–Trinajstić information content (AvgIpc) is 2.43. The van der Waals surface area contributed by atoms with Gasteiger partial charge in [0.2, 0.25) is 0 Å². The number of carbonyl (C=O) groups excluding carboxylic acids is 1. The highest BCUT2D eigenvalue weighted by atomic mass is 16.4. The quantitative estimate of drug-likeness (QED) is 0.809. The van der Waals surface area contributed by atoms with Gasteiger partial charge in [-0.1, -0.05) is 6.07 Å². The monoisotopic (exact) mass is 285 g/mol. The van der Waals surface area contributed by atoms with E-state index in [1.807, 2.05) is 0 Å². The fourth-order valence-corrected chi connectivity index (χ4v) is 2.00. The zero-order valence-corrected chi connectivity index (χ0v) is 11.7. The van der Waals surface area contributed by atoms with Gasteiger partial charge in [-0.05, 0) is 49.7 Å². The normalized spacial score (nSPS) is 10.2. The van der Waals surface area contributed by atoms with E-state index in [0.29, 0.717) is 22.4 Å². The molecule has 0 spiro atoms. The SMILES string of the molecule is Cc1cc(C(=O)O)ccc1NC(=O)c1cccc(O)c1C. The molecule has 0 saturated heterocycles. The first-order chi connectivity index (χ1) is 9.90. The Hall–Kier alpha value is -2.82. The van der Waals surface area contributed by atoms with E-state index in [-0.39, 0.29) is 17.2 Å². The van der Waals surface area contributed by atoms with Crippen molar-refractivity contribution in [1.29, 1.82) is 0 Å². The van der Waals surface area contributed by atoms with Crippen molar-refractivity contribution in [1.82, 2.24) is 0 Å². The molecule has 0 radical (unpaired) electrons. The molecule has 0 bridgehead atoms. The average molecular weight is 285 g/mol. The third kappa shape index (κ3) is 3.02. The molecule has 0 saturated carbocycles. The lowest BCUT2D eigenvalue weighted by atomic mass is 10.1. The molecule has 0 aliphatic carbocycles. The van der Waals surface area contributed by atoms with Crippen LogP contribution >= 0.6 is 0 Å². The Labute approximate surface area is 121 Å². The van der Waals surface area contributed by atoms with Crippen LogP contribution < -0.4 is 5.32 Å². The third-order valence-corrected chi connectivity index (χ3v) is 3.27. The molecule has 3 N–H and O–H groups in total. The minimum Gasteiger partial charge on any atom is -0.508 e. The van der Waals surface area contributed by atoms with Crippen LogP contribution in [0.1, 0.15) is 31.8 Å². The molecule has 5 heteroatoms. The van der Waals surface area contributed by atoms with E-state index >= 15 is 0 Å². The van der Waals surface area contributed by atoms with Crippen LogP contribution in [0.2, 0.25) is 0 Å². The van der Waals surface area contributed by atoms with Crippen LogP contribution in [-0.4, -0.2) is 22.1 Å². The number of phenols is 1. The second-order valence-corrected chi connectivity index (χ2v) is 4.74. The summed E-state index contributed by atoms with van der Waals surface area (Å²) >= 11 is 0. The van der Waals surface area contributed by atoms with Gasteiger partial charge >= 0.3 is 5.97 Å². The number of nitrogens with one attached hydrogen (secondary N) is 1. The number of hydrogen-bond donors (Lipinski definition) is 3. The Kier molecular flexibility index (Phi) is 3.93. The Morgan fingerprint density at radius 1 is 1.10 bits per heavy atom. The van der Waals surface area contributed by atoms with Gasteiger partial charge < -0.3 is 15.5 Å². The van der Waals surface area contributed by atoms with Crippen LogP contribution in [0.4, 0.5) is 5.69 Å². The number of phenolic OH excluding ortho intramolecular Hbond substituents is 1. The number of anilines is 1. The fourth-order valence-electron chi connectivity index (χ4n) is 2.00. The molecule has 0 aromatic heterocycles. The van der Waals surface area contributed by atoms with E-state index in [1.54, 1.807) is 32.0 Å². The molecule has 0 heterocycles. The molecular weight excluding hydrogens is 270 g/mol. The highest BCUT2D eigenvalue weighted by molar-refractivity contribution is 6.06. The minimum absolute atomic E-state index is 0.0561. The van der Waals surface area contributed by atoms with E-state index < -0.39 is 5.97 Å². The Balaban J connectivity index is 2.28. The third-order valence-electron chi connectivity index (χ3n) is 3.27. The summed E-state index contributed by atoms with van der Waals surface area (Å²) in [6, 6.07) is 9.20. The number of carbonyl (C=O) groups is 2. The van der Waals surface area contributed by atoms with Crippen molar-refractivity contribution in [3.8, 4) is 5.75 Å². The summed E-state index contributed by atoms with van der Waals surface area (Å²) in [5.41, 5.74) is 2.22. The molecule has 0 aliphatic heterocycles. The highest BCUT2D eigenvalue weighted by Crippen LogP contribution is 2.22. The van der Waals surface area contributed by atoms with Gasteiger partial charge in [0, 0.05) is 16.8 Å². The molecule has 0 fully saturated rings. The number of carboxylic acid groups (broad SMARTS) is 1. The molecule has 0 unspecified atom stereocenters. The Morgan fingerprint density at radius 2 is 1.81 bits per heavy atom. The van der Waals surface area contributed by atoms with Crippen LogP contribution in [0.5, 0.6) is 5.75 Å². The van der Waals surface area contributed by atoms with Gasteiger partial charge in [0.15, 0.2) is 0 Å². The van der Waals surface area contributed by atoms with Crippen LogP contribution in [0.3, 0.4) is 0 Å². The second-order valence-electron chi connectivity index (χ2n) is 4.74. The van der Waals surface area contributed by atoms with Gasteiger partial charge in [-0.15, -0.1) is 0 Å². The summed E-state index contributed by atoms with van der Waals surface area (Å²) in [6.45, 7) is 3.38. The van der Waals surface area contributed by atoms with Crippen molar-refractivity contribution >= 4 is 17.6 Å². The first kappa shape index (κ1) is 14.6.